The number of fused-ring (bicyclic) bond motifs is 1. The number of nitriles is 1. The van der Waals surface area contributed by atoms with Crippen LogP contribution in [0.1, 0.15) is 36.1 Å². The van der Waals surface area contributed by atoms with Gasteiger partial charge in [0.05, 0.1) is 12.6 Å². The SMILES string of the molecule is N#CC1(NC(=O)CN2CCc3sccc3C2)CCCC1. The highest BCUT2D eigenvalue weighted by atomic mass is 32.1. The molecular weight excluding hydrogens is 270 g/mol. The van der Waals surface area contributed by atoms with Crippen molar-refractivity contribution in [2.45, 2.75) is 44.2 Å². The van der Waals surface area contributed by atoms with E-state index in [2.05, 4.69) is 27.7 Å². The van der Waals surface area contributed by atoms with Crippen molar-refractivity contribution in [3.8, 4) is 6.07 Å². The zero-order valence-corrected chi connectivity index (χ0v) is 12.3. The molecular formula is C15H19N3OS. The highest BCUT2D eigenvalue weighted by Gasteiger charge is 2.35. The molecule has 1 amide bonds. The molecule has 5 heteroatoms. The number of amides is 1. The van der Waals surface area contributed by atoms with Crippen molar-refractivity contribution in [1.82, 2.24) is 10.2 Å². The maximum Gasteiger partial charge on any atom is 0.235 e. The minimum atomic E-state index is -0.597. The average molecular weight is 289 g/mol. The lowest BCUT2D eigenvalue weighted by Gasteiger charge is -2.28. The Morgan fingerprint density at radius 1 is 1.50 bits per heavy atom. The number of thiophene rings is 1. The summed E-state index contributed by atoms with van der Waals surface area (Å²) >= 11 is 1.81. The molecule has 1 fully saturated rings. The molecule has 0 radical (unpaired) electrons. The minimum Gasteiger partial charge on any atom is -0.337 e. The number of rotatable bonds is 3. The van der Waals surface area contributed by atoms with Crippen LogP contribution in [0.15, 0.2) is 11.4 Å². The Bertz CT molecular complexity index is 540. The zero-order valence-electron chi connectivity index (χ0n) is 11.5. The molecule has 0 aromatic carbocycles. The first-order valence-corrected chi connectivity index (χ1v) is 8.09. The predicted octanol–water partition coefficient (Wildman–Crippen LogP) is 2.06. The molecule has 2 aliphatic rings. The predicted molar refractivity (Wildman–Crippen MR) is 78.3 cm³/mol. The molecule has 1 aliphatic heterocycles. The molecule has 1 aromatic heterocycles. The third-order valence-corrected chi connectivity index (χ3v) is 5.33. The summed E-state index contributed by atoms with van der Waals surface area (Å²) in [6.07, 6.45) is 4.70. The summed E-state index contributed by atoms with van der Waals surface area (Å²) in [7, 11) is 0. The van der Waals surface area contributed by atoms with E-state index in [1.165, 1.54) is 10.4 Å². The number of nitrogens with zero attached hydrogens (tertiary/aromatic N) is 2. The fourth-order valence-corrected chi connectivity index (χ4v) is 4.08. The van der Waals surface area contributed by atoms with Gasteiger partial charge in [0.15, 0.2) is 0 Å². The zero-order chi connectivity index (χ0) is 14.0. The molecule has 1 aliphatic carbocycles. The monoisotopic (exact) mass is 289 g/mol. The Balaban J connectivity index is 1.56. The summed E-state index contributed by atoms with van der Waals surface area (Å²) in [6.45, 7) is 2.19. The number of carbonyl (C=O) groups is 1. The van der Waals surface area contributed by atoms with E-state index in [4.69, 9.17) is 0 Å². The van der Waals surface area contributed by atoms with E-state index in [0.29, 0.717) is 6.54 Å². The van der Waals surface area contributed by atoms with Crippen LogP contribution < -0.4 is 5.32 Å². The van der Waals surface area contributed by atoms with E-state index in [1.54, 1.807) is 11.3 Å². The number of carbonyl (C=O) groups excluding carboxylic acids is 1. The number of nitrogens with one attached hydrogen (secondary N) is 1. The Morgan fingerprint density at radius 2 is 2.30 bits per heavy atom. The van der Waals surface area contributed by atoms with Crippen LogP contribution in [0.4, 0.5) is 0 Å². The van der Waals surface area contributed by atoms with Crippen molar-refractivity contribution in [2.24, 2.45) is 0 Å². The molecule has 0 bridgehead atoms. The summed E-state index contributed by atoms with van der Waals surface area (Å²) in [6, 6.07) is 4.46. The Hall–Kier alpha value is -1.38. The lowest BCUT2D eigenvalue weighted by Crippen LogP contribution is -2.49. The quantitative estimate of drug-likeness (QED) is 0.926. The molecule has 0 saturated heterocycles. The largest absolute Gasteiger partial charge is 0.337 e. The van der Waals surface area contributed by atoms with E-state index in [-0.39, 0.29) is 5.91 Å². The molecule has 1 aromatic rings. The van der Waals surface area contributed by atoms with E-state index >= 15 is 0 Å². The van der Waals surface area contributed by atoms with E-state index < -0.39 is 5.54 Å². The van der Waals surface area contributed by atoms with Crippen molar-refractivity contribution in [3.63, 3.8) is 0 Å². The second kappa shape index (κ2) is 5.55. The minimum absolute atomic E-state index is 0.00729. The van der Waals surface area contributed by atoms with Crippen molar-refractivity contribution >= 4 is 17.2 Å². The highest BCUT2D eigenvalue weighted by molar-refractivity contribution is 7.10. The average Bonchev–Trinajstić information content (AvgIpc) is 3.07. The van der Waals surface area contributed by atoms with Gasteiger partial charge in [-0.1, -0.05) is 0 Å². The van der Waals surface area contributed by atoms with Gasteiger partial charge in [0, 0.05) is 18.0 Å². The lowest BCUT2D eigenvalue weighted by atomic mass is 10.00. The van der Waals surface area contributed by atoms with Crippen molar-refractivity contribution < 1.29 is 4.79 Å². The summed E-state index contributed by atoms with van der Waals surface area (Å²) in [5.41, 5.74) is 0.755. The molecule has 106 valence electrons. The number of hydrogen-bond donors (Lipinski definition) is 1. The van der Waals surface area contributed by atoms with Crippen LogP contribution in [0.3, 0.4) is 0 Å². The topological polar surface area (TPSA) is 56.1 Å². The Labute approximate surface area is 123 Å². The smallest absolute Gasteiger partial charge is 0.235 e. The van der Waals surface area contributed by atoms with E-state index in [9.17, 15) is 10.1 Å². The van der Waals surface area contributed by atoms with Gasteiger partial charge in [0.1, 0.15) is 5.54 Å². The fourth-order valence-electron chi connectivity index (χ4n) is 3.19. The van der Waals surface area contributed by atoms with Crippen molar-refractivity contribution in [1.29, 1.82) is 5.26 Å². The van der Waals surface area contributed by atoms with Crippen LogP contribution in [0.5, 0.6) is 0 Å². The van der Waals surface area contributed by atoms with Crippen molar-refractivity contribution in [3.05, 3.63) is 21.9 Å². The molecule has 4 nitrogen and oxygen atoms in total. The first-order valence-electron chi connectivity index (χ1n) is 7.21. The second-order valence-corrected chi connectivity index (χ2v) is 6.78. The molecule has 2 heterocycles. The third-order valence-electron chi connectivity index (χ3n) is 4.30. The van der Waals surface area contributed by atoms with Gasteiger partial charge in [-0.25, -0.2) is 0 Å². The van der Waals surface area contributed by atoms with Crippen molar-refractivity contribution in [2.75, 3.05) is 13.1 Å². The number of hydrogen-bond acceptors (Lipinski definition) is 4. The van der Waals surface area contributed by atoms with Gasteiger partial charge < -0.3 is 5.32 Å². The highest BCUT2D eigenvalue weighted by Crippen LogP contribution is 2.29. The molecule has 0 unspecified atom stereocenters. The molecule has 3 rings (SSSR count). The van der Waals surface area contributed by atoms with Gasteiger partial charge in [-0.3, -0.25) is 9.69 Å². The van der Waals surface area contributed by atoms with Gasteiger partial charge >= 0.3 is 0 Å². The van der Waals surface area contributed by atoms with Crippen LogP contribution >= 0.6 is 11.3 Å². The molecule has 1 saturated carbocycles. The second-order valence-electron chi connectivity index (χ2n) is 5.78. The molecule has 1 N–H and O–H groups in total. The van der Waals surface area contributed by atoms with Gasteiger partial charge in [-0.2, -0.15) is 5.26 Å². The van der Waals surface area contributed by atoms with Gasteiger partial charge in [0.2, 0.25) is 5.91 Å². The van der Waals surface area contributed by atoms with Gasteiger partial charge in [-0.05, 0) is 49.1 Å². The van der Waals surface area contributed by atoms with Crippen LogP contribution in [-0.4, -0.2) is 29.4 Å². The maximum atomic E-state index is 12.2. The summed E-state index contributed by atoms with van der Waals surface area (Å²) in [4.78, 5) is 15.8. The molecule has 0 atom stereocenters. The maximum absolute atomic E-state index is 12.2. The van der Waals surface area contributed by atoms with Gasteiger partial charge in [0.25, 0.3) is 0 Å². The standard InChI is InChI=1S/C15H19N3OS/c16-11-15(5-1-2-6-15)17-14(19)10-18-7-3-13-12(9-18)4-8-20-13/h4,8H,1-3,5-7,9-10H2,(H,17,19). The normalized spacial score (nSPS) is 21.1. The van der Waals surface area contributed by atoms with Gasteiger partial charge in [-0.15, -0.1) is 11.3 Å². The Morgan fingerprint density at radius 3 is 3.05 bits per heavy atom. The molecule has 0 spiro atoms. The Kier molecular flexibility index (Phi) is 3.77. The summed E-state index contributed by atoms with van der Waals surface area (Å²) in [5, 5.41) is 14.4. The molecule has 20 heavy (non-hydrogen) atoms. The first kappa shape index (κ1) is 13.6. The van der Waals surface area contributed by atoms with E-state index in [0.717, 1.165) is 45.2 Å². The van der Waals surface area contributed by atoms with Crippen LogP contribution in [0, 0.1) is 11.3 Å². The summed E-state index contributed by atoms with van der Waals surface area (Å²) in [5.74, 6) is -0.00729. The first-order chi connectivity index (χ1) is 9.71. The van der Waals surface area contributed by atoms with E-state index in [1.807, 2.05) is 0 Å². The third kappa shape index (κ3) is 2.72. The van der Waals surface area contributed by atoms with Crippen LogP contribution in [-0.2, 0) is 17.8 Å². The van der Waals surface area contributed by atoms with Crippen LogP contribution in [0.2, 0.25) is 0 Å². The van der Waals surface area contributed by atoms with Crippen LogP contribution in [0.25, 0.3) is 0 Å². The fraction of sp³-hybridized carbons (Fsp3) is 0.600. The lowest BCUT2D eigenvalue weighted by molar-refractivity contribution is -0.123. The summed E-state index contributed by atoms with van der Waals surface area (Å²) < 4.78 is 0.